The Balaban J connectivity index is 1.71. The highest BCUT2D eigenvalue weighted by Crippen LogP contribution is 2.50. The van der Waals surface area contributed by atoms with Crippen LogP contribution in [0.25, 0.3) is 0 Å². The minimum Gasteiger partial charge on any atom is -0.351 e. The molecule has 0 bridgehead atoms. The summed E-state index contributed by atoms with van der Waals surface area (Å²) in [5.74, 6) is -0.838. The first kappa shape index (κ1) is 20.6. The Hall–Kier alpha value is -2.69. The number of carbonyl (C=O) groups is 2. The quantitative estimate of drug-likeness (QED) is 0.747. The van der Waals surface area contributed by atoms with Gasteiger partial charge in [-0.05, 0) is 37.0 Å². The molecule has 4 rings (SSSR count). The van der Waals surface area contributed by atoms with Crippen molar-refractivity contribution in [1.82, 2.24) is 10.2 Å². The van der Waals surface area contributed by atoms with Gasteiger partial charge in [0.25, 0.3) is 5.91 Å². The van der Waals surface area contributed by atoms with Crippen molar-refractivity contribution in [2.45, 2.75) is 63.5 Å². The standard InChI is InChI=1S/C25H29FN2O2/c1-2-3-16-28-24(30)20-12-6-5-11-19(20)22(25(28)14-8-9-15-25)23(29)27-17-18-10-4-7-13-21(18)26/h4-7,10-13,22H,2-3,8-9,14-17H2,1H3,(H,27,29). The predicted octanol–water partition coefficient (Wildman–Crippen LogP) is 4.79. The molecule has 1 saturated carbocycles. The van der Waals surface area contributed by atoms with Gasteiger partial charge in [-0.15, -0.1) is 0 Å². The molecule has 1 fully saturated rings. The molecule has 1 atom stereocenters. The molecule has 0 saturated heterocycles. The van der Waals surface area contributed by atoms with Crippen LogP contribution in [0.15, 0.2) is 48.5 Å². The summed E-state index contributed by atoms with van der Waals surface area (Å²) in [6.07, 6.45) is 5.58. The first-order valence-corrected chi connectivity index (χ1v) is 11.0. The lowest BCUT2D eigenvalue weighted by Crippen LogP contribution is -2.60. The van der Waals surface area contributed by atoms with E-state index in [-0.39, 0.29) is 24.2 Å². The molecule has 4 nitrogen and oxygen atoms in total. The van der Waals surface area contributed by atoms with E-state index in [2.05, 4.69) is 12.2 Å². The second-order valence-electron chi connectivity index (χ2n) is 8.45. The second-order valence-corrected chi connectivity index (χ2v) is 8.45. The van der Waals surface area contributed by atoms with Gasteiger partial charge in [0.1, 0.15) is 5.82 Å². The van der Waals surface area contributed by atoms with Crippen LogP contribution in [0.2, 0.25) is 0 Å². The minimum absolute atomic E-state index is 0.0408. The van der Waals surface area contributed by atoms with Crippen LogP contribution >= 0.6 is 0 Å². The number of halogens is 1. The summed E-state index contributed by atoms with van der Waals surface area (Å²) in [6.45, 7) is 2.92. The molecule has 158 valence electrons. The van der Waals surface area contributed by atoms with Crippen molar-refractivity contribution in [2.24, 2.45) is 0 Å². The van der Waals surface area contributed by atoms with E-state index < -0.39 is 11.5 Å². The Labute approximate surface area is 177 Å². The summed E-state index contributed by atoms with van der Waals surface area (Å²) in [5.41, 5.74) is 1.41. The van der Waals surface area contributed by atoms with Gasteiger partial charge in [-0.25, -0.2) is 4.39 Å². The highest BCUT2D eigenvalue weighted by Gasteiger charge is 2.55. The average Bonchev–Trinajstić information content (AvgIpc) is 3.23. The molecule has 2 amide bonds. The molecule has 2 aromatic rings. The number of unbranched alkanes of at least 4 members (excludes halogenated alkanes) is 1. The zero-order valence-corrected chi connectivity index (χ0v) is 17.5. The van der Waals surface area contributed by atoms with Crippen molar-refractivity contribution in [3.8, 4) is 0 Å². The van der Waals surface area contributed by atoms with E-state index in [0.717, 1.165) is 44.1 Å². The third kappa shape index (κ3) is 3.51. The number of carbonyl (C=O) groups excluding carboxylic acids is 2. The smallest absolute Gasteiger partial charge is 0.254 e. The third-order valence-corrected chi connectivity index (χ3v) is 6.70. The fourth-order valence-corrected chi connectivity index (χ4v) is 5.23. The fourth-order valence-electron chi connectivity index (χ4n) is 5.23. The van der Waals surface area contributed by atoms with Gasteiger partial charge in [0.05, 0.1) is 11.5 Å². The van der Waals surface area contributed by atoms with E-state index in [4.69, 9.17) is 0 Å². The van der Waals surface area contributed by atoms with Crippen molar-refractivity contribution in [3.63, 3.8) is 0 Å². The molecule has 0 radical (unpaired) electrons. The molecule has 1 N–H and O–H groups in total. The number of fused-ring (bicyclic) bond motifs is 1. The van der Waals surface area contributed by atoms with Crippen LogP contribution in [0.3, 0.4) is 0 Å². The van der Waals surface area contributed by atoms with Crippen molar-refractivity contribution >= 4 is 11.8 Å². The van der Waals surface area contributed by atoms with Crippen LogP contribution in [0.1, 0.15) is 72.9 Å². The molecule has 0 aromatic heterocycles. The lowest BCUT2D eigenvalue weighted by atomic mass is 9.71. The topological polar surface area (TPSA) is 49.4 Å². The van der Waals surface area contributed by atoms with Crippen LogP contribution in [0.5, 0.6) is 0 Å². The first-order valence-electron chi connectivity index (χ1n) is 11.0. The lowest BCUT2D eigenvalue weighted by Gasteiger charge is -2.50. The van der Waals surface area contributed by atoms with Gasteiger partial charge < -0.3 is 10.2 Å². The Morgan fingerprint density at radius 1 is 1.13 bits per heavy atom. The largest absolute Gasteiger partial charge is 0.351 e. The van der Waals surface area contributed by atoms with Gasteiger partial charge >= 0.3 is 0 Å². The summed E-state index contributed by atoms with van der Waals surface area (Å²) in [4.78, 5) is 29.0. The Kier molecular flexibility index (Phi) is 5.89. The zero-order chi connectivity index (χ0) is 21.1. The van der Waals surface area contributed by atoms with Crippen LogP contribution in [0, 0.1) is 5.82 Å². The van der Waals surface area contributed by atoms with Crippen LogP contribution < -0.4 is 5.32 Å². The highest BCUT2D eigenvalue weighted by atomic mass is 19.1. The van der Waals surface area contributed by atoms with E-state index in [1.54, 1.807) is 18.2 Å². The monoisotopic (exact) mass is 408 g/mol. The summed E-state index contributed by atoms with van der Waals surface area (Å²) < 4.78 is 14.1. The maximum atomic E-state index is 14.1. The zero-order valence-electron chi connectivity index (χ0n) is 17.5. The predicted molar refractivity (Wildman–Crippen MR) is 115 cm³/mol. The number of nitrogens with one attached hydrogen (secondary N) is 1. The Morgan fingerprint density at radius 3 is 2.57 bits per heavy atom. The van der Waals surface area contributed by atoms with Crippen LogP contribution in [0.4, 0.5) is 4.39 Å². The molecule has 1 unspecified atom stereocenters. The SMILES string of the molecule is CCCCN1C(=O)c2ccccc2C(C(=O)NCc2ccccc2F)C12CCCC2. The third-order valence-electron chi connectivity index (χ3n) is 6.70. The van der Waals surface area contributed by atoms with E-state index in [9.17, 15) is 14.0 Å². The van der Waals surface area contributed by atoms with Gasteiger partial charge in [0.2, 0.25) is 5.91 Å². The lowest BCUT2D eigenvalue weighted by molar-refractivity contribution is -0.126. The molecule has 30 heavy (non-hydrogen) atoms. The average molecular weight is 409 g/mol. The number of rotatable bonds is 6. The van der Waals surface area contributed by atoms with Crippen LogP contribution in [-0.2, 0) is 11.3 Å². The Bertz CT molecular complexity index is 936. The molecule has 2 aliphatic rings. The number of nitrogens with zero attached hydrogens (tertiary/aromatic N) is 1. The molecule has 5 heteroatoms. The summed E-state index contributed by atoms with van der Waals surface area (Å²) in [6, 6.07) is 14.0. The molecular weight excluding hydrogens is 379 g/mol. The number of hydrogen-bond acceptors (Lipinski definition) is 2. The summed E-state index contributed by atoms with van der Waals surface area (Å²) >= 11 is 0. The fraction of sp³-hybridized carbons (Fsp3) is 0.440. The molecule has 2 aromatic carbocycles. The number of benzene rings is 2. The Morgan fingerprint density at radius 2 is 1.83 bits per heavy atom. The van der Waals surface area contributed by atoms with Gasteiger partial charge in [0, 0.05) is 24.2 Å². The van der Waals surface area contributed by atoms with Crippen LogP contribution in [-0.4, -0.2) is 28.8 Å². The molecule has 1 heterocycles. The maximum Gasteiger partial charge on any atom is 0.254 e. The maximum absolute atomic E-state index is 14.1. The van der Waals surface area contributed by atoms with Crippen molar-refractivity contribution in [2.75, 3.05) is 6.54 Å². The number of amides is 2. The van der Waals surface area contributed by atoms with Gasteiger partial charge in [-0.2, -0.15) is 0 Å². The minimum atomic E-state index is -0.486. The second kappa shape index (κ2) is 8.58. The van der Waals surface area contributed by atoms with E-state index in [1.807, 2.05) is 29.2 Å². The van der Waals surface area contributed by atoms with Gasteiger partial charge in [-0.1, -0.05) is 62.6 Å². The van der Waals surface area contributed by atoms with Crippen molar-refractivity contribution < 1.29 is 14.0 Å². The van der Waals surface area contributed by atoms with Gasteiger partial charge in [0.15, 0.2) is 0 Å². The van der Waals surface area contributed by atoms with Crippen molar-refractivity contribution in [1.29, 1.82) is 0 Å². The molecular formula is C25H29FN2O2. The first-order chi connectivity index (χ1) is 14.6. The normalized spacial score (nSPS) is 19.7. The molecule has 1 aliphatic heterocycles. The summed E-state index contributed by atoms with van der Waals surface area (Å²) in [5, 5.41) is 2.98. The summed E-state index contributed by atoms with van der Waals surface area (Å²) in [7, 11) is 0. The van der Waals surface area contributed by atoms with E-state index >= 15 is 0 Å². The number of hydrogen-bond donors (Lipinski definition) is 1. The van der Waals surface area contributed by atoms with Gasteiger partial charge in [-0.3, -0.25) is 9.59 Å². The molecule has 1 spiro atoms. The van der Waals surface area contributed by atoms with E-state index in [1.165, 1.54) is 6.07 Å². The highest BCUT2D eigenvalue weighted by molar-refractivity contribution is 6.02. The van der Waals surface area contributed by atoms with Crippen molar-refractivity contribution in [3.05, 3.63) is 71.0 Å². The van der Waals surface area contributed by atoms with E-state index in [0.29, 0.717) is 17.7 Å². The molecule has 1 aliphatic carbocycles.